The van der Waals surface area contributed by atoms with E-state index in [1.807, 2.05) is 43.7 Å². The number of carbonyl (C=O) groups excluding carboxylic acids is 1. The summed E-state index contributed by atoms with van der Waals surface area (Å²) in [5.41, 5.74) is 0.825. The fourth-order valence-electron chi connectivity index (χ4n) is 5.47. The number of hydrogen-bond donors (Lipinski definition) is 1. The van der Waals surface area contributed by atoms with Crippen LogP contribution < -0.4 is 10.2 Å². The van der Waals surface area contributed by atoms with Crippen molar-refractivity contribution in [1.29, 1.82) is 0 Å². The van der Waals surface area contributed by atoms with Gasteiger partial charge in [0.15, 0.2) is 0 Å². The van der Waals surface area contributed by atoms with Crippen LogP contribution in [-0.2, 0) is 36.5 Å². The van der Waals surface area contributed by atoms with Crippen molar-refractivity contribution in [2.75, 3.05) is 12.0 Å². The topological polar surface area (TPSA) is 72.3 Å². The van der Waals surface area contributed by atoms with Crippen LogP contribution in [0.3, 0.4) is 0 Å². The number of carbonyl (C=O) groups is 1. The predicted octanol–water partition coefficient (Wildman–Crippen LogP) is 4.59. The Morgan fingerprint density at radius 3 is 2.59 bits per heavy atom. The molecule has 1 aromatic heterocycles. The molecule has 2 aliphatic rings. The fraction of sp³-hybridized carbons (Fsp3) is 0.444. The molecule has 37 heavy (non-hydrogen) atoms. The number of fused-ring (bicyclic) bond motifs is 1. The first kappa shape index (κ1) is 25.4. The van der Waals surface area contributed by atoms with Crippen molar-refractivity contribution in [3.63, 3.8) is 0 Å². The number of aromatic nitrogens is 3. The molecule has 1 aliphatic heterocycles. The summed E-state index contributed by atoms with van der Waals surface area (Å²) in [4.78, 5) is 14.9. The second-order valence-electron chi connectivity index (χ2n) is 10.3. The Morgan fingerprint density at radius 2 is 1.97 bits per heavy atom. The molecule has 0 spiro atoms. The van der Waals surface area contributed by atoms with Crippen LogP contribution in [0.1, 0.15) is 65.1 Å². The Hall–Kier alpha value is -3.24. The summed E-state index contributed by atoms with van der Waals surface area (Å²) in [5, 5.41) is 11.5. The lowest BCUT2D eigenvalue weighted by molar-refractivity contribution is -0.138. The van der Waals surface area contributed by atoms with E-state index in [0.717, 1.165) is 17.5 Å². The van der Waals surface area contributed by atoms with Crippen LogP contribution in [0.5, 0.6) is 0 Å². The Bertz CT molecular complexity index is 1330. The van der Waals surface area contributed by atoms with Crippen LogP contribution >= 0.6 is 0 Å². The van der Waals surface area contributed by atoms with E-state index in [-0.39, 0.29) is 36.4 Å². The number of ether oxygens (including phenoxy) is 1. The molecule has 7 nitrogen and oxygen atoms in total. The lowest BCUT2D eigenvalue weighted by atomic mass is 9.62. The van der Waals surface area contributed by atoms with Crippen molar-refractivity contribution in [2.24, 2.45) is 7.05 Å². The SMILES string of the molecule is CO[C@H]1C[C@](c2cccc(N3Cc4c(cc(CNC(C)C)cc4C(F)(F)F)C3=O)c2)(c2nncn2C)C1. The summed E-state index contributed by atoms with van der Waals surface area (Å²) >= 11 is 0. The lowest BCUT2D eigenvalue weighted by Gasteiger charge is -2.46. The maximum atomic E-state index is 14.0. The number of nitrogens with one attached hydrogen (secondary N) is 1. The van der Waals surface area contributed by atoms with Gasteiger partial charge in [0.1, 0.15) is 12.2 Å². The largest absolute Gasteiger partial charge is 0.416 e. The van der Waals surface area contributed by atoms with Gasteiger partial charge in [-0.05, 0) is 53.8 Å². The van der Waals surface area contributed by atoms with Crippen molar-refractivity contribution >= 4 is 11.6 Å². The van der Waals surface area contributed by atoms with E-state index in [2.05, 4.69) is 15.5 Å². The molecule has 196 valence electrons. The number of rotatable bonds is 7. The molecule has 2 heterocycles. The number of alkyl halides is 3. The van der Waals surface area contributed by atoms with Gasteiger partial charge in [0.05, 0.1) is 23.6 Å². The molecule has 0 unspecified atom stereocenters. The number of amides is 1. The molecule has 1 amide bonds. The van der Waals surface area contributed by atoms with Crippen molar-refractivity contribution in [1.82, 2.24) is 20.1 Å². The third-order valence-corrected chi connectivity index (χ3v) is 7.46. The van der Waals surface area contributed by atoms with E-state index >= 15 is 0 Å². The summed E-state index contributed by atoms with van der Waals surface area (Å²) in [5.74, 6) is 0.357. The standard InChI is InChI=1S/C27H30F3N5O2/c1-16(2)31-13-17-8-21-22(23(9-17)27(28,29)30)14-35(24(21)36)19-7-5-6-18(10-19)26(11-20(12-26)37-4)25-33-32-15-34(25)3/h5-10,15-16,20,31H,11-14H2,1-4H3/t20-,26-. The van der Waals surface area contributed by atoms with E-state index in [1.54, 1.807) is 25.6 Å². The minimum atomic E-state index is -4.56. The highest BCUT2D eigenvalue weighted by atomic mass is 19.4. The fourth-order valence-corrected chi connectivity index (χ4v) is 5.47. The van der Waals surface area contributed by atoms with Crippen molar-refractivity contribution in [3.8, 4) is 0 Å². The molecule has 3 aromatic rings. The Morgan fingerprint density at radius 1 is 1.22 bits per heavy atom. The zero-order valence-electron chi connectivity index (χ0n) is 21.3. The normalized spacial score (nSPS) is 21.5. The summed E-state index contributed by atoms with van der Waals surface area (Å²) in [6.45, 7) is 3.95. The summed E-state index contributed by atoms with van der Waals surface area (Å²) in [6.07, 6.45) is -1.47. The number of anilines is 1. The molecule has 1 fully saturated rings. The Labute approximate surface area is 213 Å². The molecular weight excluding hydrogens is 483 g/mol. The van der Waals surface area contributed by atoms with E-state index in [4.69, 9.17) is 4.74 Å². The molecule has 5 rings (SSSR count). The van der Waals surface area contributed by atoms with Crippen LogP contribution in [0.4, 0.5) is 18.9 Å². The third-order valence-electron chi connectivity index (χ3n) is 7.46. The smallest absolute Gasteiger partial charge is 0.381 e. The first-order valence-corrected chi connectivity index (χ1v) is 12.3. The average molecular weight is 514 g/mol. The van der Waals surface area contributed by atoms with Crippen LogP contribution in [0, 0.1) is 0 Å². The summed E-state index contributed by atoms with van der Waals surface area (Å²) < 4.78 is 49.5. The van der Waals surface area contributed by atoms with Gasteiger partial charge in [-0.15, -0.1) is 10.2 Å². The zero-order chi connectivity index (χ0) is 26.5. The van der Waals surface area contributed by atoms with Crippen LogP contribution in [-0.4, -0.2) is 39.9 Å². The molecule has 1 saturated carbocycles. The number of methoxy groups -OCH3 is 1. The molecule has 0 atom stereocenters. The highest BCUT2D eigenvalue weighted by molar-refractivity contribution is 6.10. The van der Waals surface area contributed by atoms with Gasteiger partial charge in [-0.2, -0.15) is 13.2 Å². The van der Waals surface area contributed by atoms with E-state index in [0.29, 0.717) is 24.1 Å². The number of benzene rings is 2. The minimum absolute atomic E-state index is 0.0160. The van der Waals surface area contributed by atoms with E-state index in [1.165, 1.54) is 4.90 Å². The third kappa shape index (κ3) is 4.42. The Kier molecular flexibility index (Phi) is 6.35. The van der Waals surface area contributed by atoms with Crippen LogP contribution in [0.2, 0.25) is 0 Å². The van der Waals surface area contributed by atoms with Crippen molar-refractivity contribution < 1.29 is 22.7 Å². The summed E-state index contributed by atoms with van der Waals surface area (Å²) in [6, 6.07) is 10.3. The number of hydrogen-bond acceptors (Lipinski definition) is 5. The maximum Gasteiger partial charge on any atom is 0.416 e. The molecule has 10 heteroatoms. The second kappa shape index (κ2) is 9.25. The van der Waals surface area contributed by atoms with Gasteiger partial charge >= 0.3 is 6.18 Å². The van der Waals surface area contributed by atoms with Crippen molar-refractivity contribution in [3.05, 3.63) is 76.4 Å². The van der Waals surface area contributed by atoms with Crippen LogP contribution in [0.15, 0.2) is 42.7 Å². The van der Waals surface area contributed by atoms with Gasteiger partial charge in [-0.1, -0.05) is 26.0 Å². The van der Waals surface area contributed by atoms with Gasteiger partial charge in [0.25, 0.3) is 5.91 Å². The number of nitrogens with zero attached hydrogens (tertiary/aromatic N) is 4. The first-order valence-electron chi connectivity index (χ1n) is 12.3. The van der Waals surface area contributed by atoms with Crippen LogP contribution in [0.25, 0.3) is 0 Å². The molecule has 2 aromatic carbocycles. The monoisotopic (exact) mass is 513 g/mol. The lowest BCUT2D eigenvalue weighted by Crippen LogP contribution is -2.48. The number of aryl methyl sites for hydroxylation is 1. The molecule has 0 radical (unpaired) electrons. The van der Waals surface area contributed by atoms with E-state index in [9.17, 15) is 18.0 Å². The van der Waals surface area contributed by atoms with Gasteiger partial charge < -0.3 is 19.5 Å². The highest BCUT2D eigenvalue weighted by Crippen LogP contribution is 2.50. The van der Waals surface area contributed by atoms with Gasteiger partial charge in [-0.3, -0.25) is 4.79 Å². The van der Waals surface area contributed by atoms with Crippen molar-refractivity contribution in [2.45, 2.75) is 63.5 Å². The molecule has 1 aliphatic carbocycles. The van der Waals surface area contributed by atoms with Gasteiger partial charge in [-0.25, -0.2) is 0 Å². The van der Waals surface area contributed by atoms with Gasteiger partial charge in [0, 0.05) is 38.0 Å². The minimum Gasteiger partial charge on any atom is -0.381 e. The quantitative estimate of drug-likeness (QED) is 0.501. The molecule has 0 saturated heterocycles. The molecular formula is C27H30F3N5O2. The second-order valence-corrected chi connectivity index (χ2v) is 10.3. The van der Waals surface area contributed by atoms with E-state index < -0.39 is 23.1 Å². The number of halogens is 3. The maximum absolute atomic E-state index is 14.0. The zero-order valence-corrected chi connectivity index (χ0v) is 21.3. The average Bonchev–Trinajstić information content (AvgIpc) is 3.40. The highest BCUT2D eigenvalue weighted by Gasteiger charge is 2.50. The summed E-state index contributed by atoms with van der Waals surface area (Å²) in [7, 11) is 3.55. The molecule has 0 bridgehead atoms. The predicted molar refractivity (Wildman–Crippen MR) is 132 cm³/mol. The Balaban J connectivity index is 1.52. The first-order chi connectivity index (χ1) is 17.5. The molecule has 1 N–H and O–H groups in total. The van der Waals surface area contributed by atoms with Gasteiger partial charge in [0.2, 0.25) is 0 Å².